The van der Waals surface area contributed by atoms with Crippen LogP contribution in [0.5, 0.6) is 0 Å². The Balaban J connectivity index is 1.37. The molecule has 0 radical (unpaired) electrons. The minimum absolute atomic E-state index is 0.0330. The first-order valence-corrected chi connectivity index (χ1v) is 15.4. The number of nitrogens with one attached hydrogen (secondary N) is 3. The van der Waals surface area contributed by atoms with Crippen LogP contribution in [0.15, 0.2) is 36.4 Å². The monoisotopic (exact) mass is 605 g/mol. The fourth-order valence-corrected chi connectivity index (χ4v) is 5.81. The van der Waals surface area contributed by atoms with Crippen molar-refractivity contribution in [2.45, 2.75) is 63.8 Å². The number of aromatic nitrogens is 1. The molecule has 4 heterocycles. The van der Waals surface area contributed by atoms with Gasteiger partial charge in [-0.15, -0.1) is 0 Å². The summed E-state index contributed by atoms with van der Waals surface area (Å²) in [5.41, 5.74) is 3.98. The van der Waals surface area contributed by atoms with Crippen LogP contribution in [-0.4, -0.2) is 84.8 Å². The van der Waals surface area contributed by atoms with E-state index in [0.29, 0.717) is 38.3 Å². The van der Waals surface area contributed by atoms with Gasteiger partial charge in [0.25, 0.3) is 11.8 Å². The molecule has 2 saturated heterocycles. The molecule has 1 aromatic heterocycles. The molecule has 0 unspecified atom stereocenters. The third-order valence-electron chi connectivity index (χ3n) is 8.67. The maximum absolute atomic E-state index is 13.9. The van der Waals surface area contributed by atoms with Gasteiger partial charge in [-0.1, -0.05) is 30.4 Å². The Morgan fingerprint density at radius 3 is 2.39 bits per heavy atom. The quantitative estimate of drug-likeness (QED) is 0.414. The summed E-state index contributed by atoms with van der Waals surface area (Å²) in [7, 11) is 0. The van der Waals surface area contributed by atoms with E-state index in [-0.39, 0.29) is 37.0 Å². The highest BCUT2D eigenvalue weighted by Gasteiger charge is 2.46. The van der Waals surface area contributed by atoms with Crippen molar-refractivity contribution >= 4 is 40.7 Å². The van der Waals surface area contributed by atoms with E-state index in [1.165, 1.54) is 5.01 Å². The molecule has 1 saturated carbocycles. The van der Waals surface area contributed by atoms with Gasteiger partial charge in [0.2, 0.25) is 5.91 Å². The molecule has 3 N–H and O–H groups in total. The average Bonchev–Trinajstić information content (AvgIpc) is 3.89. The zero-order valence-electron chi connectivity index (χ0n) is 25.0. The van der Waals surface area contributed by atoms with Crippen molar-refractivity contribution in [3.8, 4) is 0 Å². The van der Waals surface area contributed by atoms with Crippen LogP contribution in [0.2, 0.25) is 0 Å². The number of rotatable bonds is 1. The molecule has 1 aliphatic carbocycles. The molecule has 4 aliphatic rings. The smallest absolute Gasteiger partial charge is 0.321 e. The zero-order valence-corrected chi connectivity index (χ0v) is 25.0. The maximum atomic E-state index is 13.9. The summed E-state index contributed by atoms with van der Waals surface area (Å²) in [6, 6.07) is 7.71. The number of cyclic esters (lactones) is 1. The number of carbonyl (C=O) groups excluding carboxylic acids is 4. The summed E-state index contributed by atoms with van der Waals surface area (Å²) in [4.78, 5) is 58.7. The lowest BCUT2D eigenvalue weighted by atomic mass is 9.88. The molecule has 1 spiro atoms. The number of amides is 3. The number of hydrogen-bond acceptors (Lipinski definition) is 9. The van der Waals surface area contributed by atoms with Gasteiger partial charge in [0.15, 0.2) is 6.10 Å². The summed E-state index contributed by atoms with van der Waals surface area (Å²) in [6.45, 7) is 4.57. The van der Waals surface area contributed by atoms with Crippen LogP contribution in [0.1, 0.15) is 56.8 Å². The summed E-state index contributed by atoms with van der Waals surface area (Å²) in [6.07, 6.45) is 5.12. The molecule has 3 fully saturated rings. The number of nitrogens with zero attached hydrogens (tertiary/aromatic N) is 2. The van der Waals surface area contributed by atoms with E-state index < -0.39 is 35.5 Å². The Morgan fingerprint density at radius 1 is 0.909 bits per heavy atom. The van der Waals surface area contributed by atoms with Gasteiger partial charge in [-0.2, -0.15) is 0 Å². The Bertz CT molecular complexity index is 1470. The van der Waals surface area contributed by atoms with Crippen LogP contribution in [0.3, 0.4) is 0 Å². The Labute approximate surface area is 255 Å². The van der Waals surface area contributed by atoms with Crippen LogP contribution >= 0.6 is 0 Å². The second-order valence-electron chi connectivity index (χ2n) is 12.2. The van der Waals surface area contributed by atoms with Crippen LogP contribution < -0.4 is 16.1 Å². The summed E-state index contributed by atoms with van der Waals surface area (Å²) in [5, 5.41) is 8.09. The van der Waals surface area contributed by atoms with E-state index in [9.17, 15) is 19.2 Å². The topological polar surface area (TPSA) is 148 Å². The minimum atomic E-state index is -1.28. The summed E-state index contributed by atoms with van der Waals surface area (Å²) >= 11 is 0. The maximum Gasteiger partial charge on any atom is 0.321 e. The van der Waals surface area contributed by atoms with Crippen LogP contribution in [0, 0.1) is 11.3 Å². The molecule has 3 aliphatic heterocycles. The van der Waals surface area contributed by atoms with Gasteiger partial charge in [-0.05, 0) is 57.2 Å². The first-order chi connectivity index (χ1) is 21.2. The molecule has 12 nitrogen and oxygen atoms in total. The van der Waals surface area contributed by atoms with E-state index in [2.05, 4.69) is 16.1 Å². The molecule has 1 aromatic carbocycles. The number of esters is 1. The van der Waals surface area contributed by atoms with Gasteiger partial charge in [0.05, 0.1) is 43.7 Å². The fourth-order valence-electron chi connectivity index (χ4n) is 5.81. The van der Waals surface area contributed by atoms with Gasteiger partial charge in [-0.25, -0.2) is 5.43 Å². The summed E-state index contributed by atoms with van der Waals surface area (Å²) in [5.74, 6) is -1.91. The van der Waals surface area contributed by atoms with Crippen molar-refractivity contribution in [3.63, 3.8) is 0 Å². The van der Waals surface area contributed by atoms with Crippen molar-refractivity contribution in [1.29, 1.82) is 0 Å². The molecular weight excluding hydrogens is 566 g/mol. The van der Waals surface area contributed by atoms with Crippen LogP contribution in [0.25, 0.3) is 17.0 Å². The molecule has 12 heteroatoms. The lowest BCUT2D eigenvalue weighted by molar-refractivity contribution is -0.169. The molecule has 6 rings (SSSR count). The Kier molecular flexibility index (Phi) is 8.66. The Morgan fingerprint density at radius 2 is 1.64 bits per heavy atom. The lowest BCUT2D eigenvalue weighted by Gasteiger charge is -2.35. The van der Waals surface area contributed by atoms with E-state index in [1.807, 2.05) is 43.3 Å². The standard InChI is InChI=1S/C32H39N5O7/c1-19-24-10-9-22-6-5-21(16-26(22)35-24)11-12-32(17-42-14-15-43-18-32)31(41)44-27(23-7-8-23)29(39)34-20(2)30(40)37-13-3-4-25(36-37)28(38)33-19/h5-6,9-12,16,19-20,23,25,27,36H,3-4,7-8,13-15,17-18H2,1-2H3,(H,33,38)(H,34,39)/b12-11+/t19-,20+,25+,27+/m1/s1. The highest BCUT2D eigenvalue weighted by Crippen LogP contribution is 2.37. The van der Waals surface area contributed by atoms with Gasteiger partial charge in [-0.3, -0.25) is 29.2 Å². The fraction of sp³-hybridized carbons (Fsp3) is 0.531. The Hall–Kier alpha value is -3.87. The van der Waals surface area contributed by atoms with Crippen molar-refractivity contribution < 1.29 is 33.4 Å². The van der Waals surface area contributed by atoms with Crippen LogP contribution in [0.4, 0.5) is 0 Å². The highest BCUT2D eigenvalue weighted by atomic mass is 16.6. The number of hydrogen-bond donors (Lipinski definition) is 3. The second-order valence-corrected chi connectivity index (χ2v) is 12.2. The molecule has 44 heavy (non-hydrogen) atoms. The van der Waals surface area contributed by atoms with Gasteiger partial charge >= 0.3 is 5.97 Å². The SMILES string of the molecule is C[C@@H]1NC(=O)[C@H](C2CC2)OC(=O)C2(/C=C/c3ccc4ccc(nc4c3)[C@@H](C)NC(=O)[C@@H]3CCCN(N3)C1=O)COCCOC2. The number of pyridine rings is 1. The normalized spacial score (nSPS) is 29.5. The third kappa shape index (κ3) is 6.47. The average molecular weight is 606 g/mol. The van der Waals surface area contributed by atoms with E-state index >= 15 is 0 Å². The van der Waals surface area contributed by atoms with Gasteiger partial charge < -0.3 is 24.8 Å². The van der Waals surface area contributed by atoms with Crippen molar-refractivity contribution in [3.05, 3.63) is 47.7 Å². The molecule has 3 amide bonds. The predicted octanol–water partition coefficient (Wildman–Crippen LogP) is 1.79. The first kappa shape index (κ1) is 30.2. The van der Waals surface area contributed by atoms with Crippen molar-refractivity contribution in [1.82, 2.24) is 26.1 Å². The number of carbonyl (C=O) groups is 4. The summed E-state index contributed by atoms with van der Waals surface area (Å²) < 4.78 is 17.4. The van der Waals surface area contributed by atoms with Crippen molar-refractivity contribution in [2.75, 3.05) is 33.0 Å². The molecule has 2 aromatic rings. The molecule has 4 atom stereocenters. The first-order valence-electron chi connectivity index (χ1n) is 15.4. The highest BCUT2D eigenvalue weighted by molar-refractivity contribution is 5.92. The molecular formula is C32H39N5O7. The number of benzene rings is 1. The van der Waals surface area contributed by atoms with Crippen molar-refractivity contribution in [2.24, 2.45) is 11.3 Å². The van der Waals surface area contributed by atoms with E-state index in [4.69, 9.17) is 19.2 Å². The van der Waals surface area contributed by atoms with Gasteiger partial charge in [0.1, 0.15) is 17.5 Å². The van der Waals surface area contributed by atoms with E-state index in [1.54, 1.807) is 13.0 Å². The lowest BCUT2D eigenvalue weighted by Crippen LogP contribution is -2.61. The zero-order chi connectivity index (χ0) is 30.8. The van der Waals surface area contributed by atoms with Gasteiger partial charge in [0, 0.05) is 17.8 Å². The number of ether oxygens (including phenoxy) is 3. The second kappa shape index (κ2) is 12.6. The molecule has 234 valence electrons. The molecule has 5 bridgehead atoms. The largest absolute Gasteiger partial charge is 0.451 e. The number of hydrazine groups is 1. The minimum Gasteiger partial charge on any atom is -0.451 e. The third-order valence-corrected chi connectivity index (χ3v) is 8.67. The van der Waals surface area contributed by atoms with Crippen LogP contribution in [-0.2, 0) is 33.4 Å². The predicted molar refractivity (Wildman–Crippen MR) is 159 cm³/mol. The number of fused-ring (bicyclic) bond motifs is 4. The van der Waals surface area contributed by atoms with E-state index in [0.717, 1.165) is 29.3 Å².